The van der Waals surface area contributed by atoms with E-state index in [0.29, 0.717) is 18.9 Å². The van der Waals surface area contributed by atoms with Gasteiger partial charge >= 0.3 is 0 Å². The molecule has 0 aliphatic heterocycles. The van der Waals surface area contributed by atoms with E-state index in [1.54, 1.807) is 0 Å². The van der Waals surface area contributed by atoms with Crippen LogP contribution in [0.25, 0.3) is 0 Å². The second-order valence-corrected chi connectivity index (χ2v) is 5.26. The van der Waals surface area contributed by atoms with Crippen molar-refractivity contribution in [3.8, 4) is 11.5 Å². The number of hydrogen-bond acceptors (Lipinski definition) is 5. The van der Waals surface area contributed by atoms with Gasteiger partial charge in [0.15, 0.2) is 0 Å². The minimum absolute atomic E-state index is 0.129. The molecule has 23 heavy (non-hydrogen) atoms. The highest BCUT2D eigenvalue weighted by atomic mass is 16.5. The van der Waals surface area contributed by atoms with Crippen molar-refractivity contribution in [1.82, 2.24) is 15.0 Å². The molecule has 0 aliphatic rings. The Morgan fingerprint density at radius 1 is 1.04 bits per heavy atom. The van der Waals surface area contributed by atoms with Crippen molar-refractivity contribution >= 4 is 0 Å². The Hall–Kier alpha value is -2.08. The van der Waals surface area contributed by atoms with Crippen molar-refractivity contribution in [2.24, 2.45) is 0 Å². The second-order valence-electron chi connectivity index (χ2n) is 5.26. The molecule has 1 aromatic heterocycles. The number of aromatic nitrogens is 3. The standard InChI is InChI=1S/C17H25N3O3/c1-3-5-6-11-20-17(16(12-21)18-19-20)13-23-15-9-7-14(8-10-15)22-4-2/h7-10,21H,3-6,11-13H2,1-2H3. The van der Waals surface area contributed by atoms with E-state index in [4.69, 9.17) is 9.47 Å². The van der Waals surface area contributed by atoms with Crippen molar-refractivity contribution in [3.05, 3.63) is 35.7 Å². The minimum Gasteiger partial charge on any atom is -0.494 e. The van der Waals surface area contributed by atoms with Gasteiger partial charge in [0.1, 0.15) is 29.5 Å². The van der Waals surface area contributed by atoms with Crippen LogP contribution < -0.4 is 9.47 Å². The first-order chi connectivity index (χ1) is 11.3. The monoisotopic (exact) mass is 319 g/mol. The van der Waals surface area contributed by atoms with Crippen LogP contribution in [0.15, 0.2) is 24.3 Å². The smallest absolute Gasteiger partial charge is 0.132 e. The molecule has 126 valence electrons. The molecule has 0 atom stereocenters. The zero-order valence-electron chi connectivity index (χ0n) is 13.9. The quantitative estimate of drug-likeness (QED) is 0.682. The number of aliphatic hydroxyl groups excluding tert-OH is 1. The number of hydrogen-bond donors (Lipinski definition) is 1. The van der Waals surface area contributed by atoms with E-state index < -0.39 is 0 Å². The Bertz CT molecular complexity index is 581. The molecule has 1 N–H and O–H groups in total. The third-order valence-electron chi connectivity index (χ3n) is 3.55. The zero-order chi connectivity index (χ0) is 16.5. The summed E-state index contributed by atoms with van der Waals surface area (Å²) in [6, 6.07) is 7.49. The normalized spacial score (nSPS) is 10.7. The molecule has 0 radical (unpaired) electrons. The maximum absolute atomic E-state index is 9.41. The molecule has 0 saturated carbocycles. The van der Waals surface area contributed by atoms with Gasteiger partial charge in [0.2, 0.25) is 0 Å². The average Bonchev–Trinajstić information content (AvgIpc) is 2.97. The summed E-state index contributed by atoms with van der Waals surface area (Å²) in [5, 5.41) is 17.6. The van der Waals surface area contributed by atoms with Gasteiger partial charge < -0.3 is 14.6 Å². The summed E-state index contributed by atoms with van der Waals surface area (Å²) in [5.74, 6) is 1.57. The van der Waals surface area contributed by atoms with Crippen LogP contribution in [-0.4, -0.2) is 26.7 Å². The van der Waals surface area contributed by atoms with E-state index in [0.717, 1.165) is 43.0 Å². The maximum atomic E-state index is 9.41. The molecule has 1 heterocycles. The summed E-state index contributed by atoms with van der Waals surface area (Å²) in [6.45, 7) is 5.76. The zero-order valence-corrected chi connectivity index (χ0v) is 13.9. The lowest BCUT2D eigenvalue weighted by molar-refractivity contribution is 0.261. The first-order valence-electron chi connectivity index (χ1n) is 8.16. The Kier molecular flexibility index (Phi) is 6.87. The first kappa shape index (κ1) is 17.3. The number of ether oxygens (including phenoxy) is 2. The Balaban J connectivity index is 1.99. The van der Waals surface area contributed by atoms with Crippen molar-refractivity contribution in [1.29, 1.82) is 0 Å². The second kappa shape index (κ2) is 9.15. The van der Waals surface area contributed by atoms with Gasteiger partial charge in [-0.3, -0.25) is 0 Å². The SMILES string of the molecule is CCCCCn1nnc(CO)c1COc1ccc(OCC)cc1. The molecule has 0 unspecified atom stereocenters. The van der Waals surface area contributed by atoms with Crippen LogP contribution in [0.3, 0.4) is 0 Å². The number of benzene rings is 1. The van der Waals surface area contributed by atoms with Crippen molar-refractivity contribution in [2.75, 3.05) is 6.61 Å². The van der Waals surface area contributed by atoms with E-state index in [1.807, 2.05) is 35.9 Å². The molecule has 0 aliphatic carbocycles. The first-order valence-corrected chi connectivity index (χ1v) is 8.16. The van der Waals surface area contributed by atoms with Gasteiger partial charge in [0.05, 0.1) is 13.2 Å². The maximum Gasteiger partial charge on any atom is 0.132 e. The van der Waals surface area contributed by atoms with Crippen LogP contribution in [0, 0.1) is 0 Å². The van der Waals surface area contributed by atoms with Crippen molar-refractivity contribution in [2.45, 2.75) is 52.9 Å². The molecule has 2 aromatic rings. The van der Waals surface area contributed by atoms with Crippen molar-refractivity contribution < 1.29 is 14.6 Å². The molecule has 0 spiro atoms. The van der Waals surface area contributed by atoms with E-state index in [2.05, 4.69) is 17.2 Å². The fourth-order valence-corrected chi connectivity index (χ4v) is 2.29. The van der Waals surface area contributed by atoms with Gasteiger partial charge in [-0.1, -0.05) is 25.0 Å². The van der Waals surface area contributed by atoms with E-state index in [-0.39, 0.29) is 6.61 Å². The predicted octanol–water partition coefficient (Wildman–Crippen LogP) is 2.94. The molecule has 0 amide bonds. The number of aryl methyl sites for hydroxylation is 1. The van der Waals surface area contributed by atoms with E-state index >= 15 is 0 Å². The van der Waals surface area contributed by atoms with Gasteiger partial charge in [-0.15, -0.1) is 5.10 Å². The van der Waals surface area contributed by atoms with Gasteiger partial charge in [-0.05, 0) is 37.6 Å². The molecule has 1 aromatic carbocycles. The number of unbranched alkanes of at least 4 members (excludes halogenated alkanes) is 2. The summed E-state index contributed by atoms with van der Waals surface area (Å²) in [7, 11) is 0. The highest BCUT2D eigenvalue weighted by Gasteiger charge is 2.12. The summed E-state index contributed by atoms with van der Waals surface area (Å²) in [5.41, 5.74) is 1.41. The van der Waals surface area contributed by atoms with Crippen LogP contribution in [0.1, 0.15) is 44.5 Å². The van der Waals surface area contributed by atoms with Gasteiger partial charge in [0, 0.05) is 6.54 Å². The Morgan fingerprint density at radius 3 is 2.35 bits per heavy atom. The lowest BCUT2D eigenvalue weighted by Crippen LogP contribution is -2.09. The van der Waals surface area contributed by atoms with Gasteiger partial charge in [-0.2, -0.15) is 0 Å². The van der Waals surface area contributed by atoms with E-state index in [1.165, 1.54) is 0 Å². The molecule has 0 bridgehead atoms. The lowest BCUT2D eigenvalue weighted by atomic mass is 10.2. The fraction of sp³-hybridized carbons (Fsp3) is 0.529. The molecule has 0 fully saturated rings. The molecule has 0 saturated heterocycles. The largest absolute Gasteiger partial charge is 0.494 e. The average molecular weight is 319 g/mol. The molecule has 6 heteroatoms. The van der Waals surface area contributed by atoms with Crippen LogP contribution in [0.4, 0.5) is 0 Å². The summed E-state index contributed by atoms with van der Waals surface area (Å²) >= 11 is 0. The highest BCUT2D eigenvalue weighted by Crippen LogP contribution is 2.19. The van der Waals surface area contributed by atoms with Crippen LogP contribution in [-0.2, 0) is 19.8 Å². The predicted molar refractivity (Wildman–Crippen MR) is 87.4 cm³/mol. The lowest BCUT2D eigenvalue weighted by Gasteiger charge is -2.10. The summed E-state index contributed by atoms with van der Waals surface area (Å²) < 4.78 is 13.0. The molecular weight excluding hydrogens is 294 g/mol. The third-order valence-corrected chi connectivity index (χ3v) is 3.55. The number of aliphatic hydroxyl groups is 1. The van der Waals surface area contributed by atoms with Crippen LogP contribution in [0.2, 0.25) is 0 Å². The highest BCUT2D eigenvalue weighted by molar-refractivity contribution is 5.31. The third kappa shape index (κ3) is 4.96. The molecule has 6 nitrogen and oxygen atoms in total. The Labute approximate surface area is 137 Å². The van der Waals surface area contributed by atoms with Crippen LogP contribution >= 0.6 is 0 Å². The van der Waals surface area contributed by atoms with Crippen LogP contribution in [0.5, 0.6) is 11.5 Å². The Morgan fingerprint density at radius 2 is 1.74 bits per heavy atom. The molecular formula is C17H25N3O3. The summed E-state index contributed by atoms with van der Waals surface area (Å²) in [4.78, 5) is 0. The molecule has 2 rings (SSSR count). The fourth-order valence-electron chi connectivity index (χ4n) is 2.29. The number of rotatable bonds is 10. The summed E-state index contributed by atoms with van der Waals surface area (Å²) in [6.07, 6.45) is 3.34. The minimum atomic E-state index is -0.129. The van der Waals surface area contributed by atoms with Crippen molar-refractivity contribution in [3.63, 3.8) is 0 Å². The topological polar surface area (TPSA) is 69.4 Å². The van der Waals surface area contributed by atoms with Gasteiger partial charge in [-0.25, -0.2) is 4.68 Å². The number of nitrogens with zero attached hydrogens (tertiary/aromatic N) is 3. The van der Waals surface area contributed by atoms with Gasteiger partial charge in [0.25, 0.3) is 0 Å². The van der Waals surface area contributed by atoms with E-state index in [9.17, 15) is 5.11 Å².